The van der Waals surface area contributed by atoms with Crippen molar-refractivity contribution in [2.75, 3.05) is 6.54 Å². The first-order chi connectivity index (χ1) is 10.1. The van der Waals surface area contributed by atoms with Crippen LogP contribution in [0.15, 0.2) is 34.8 Å². The largest absolute Gasteiger partial charge is 0.387 e. The minimum Gasteiger partial charge on any atom is -0.387 e. The standard InChI is InChI=1S/C16H17BrClNOS/c17-12-8-13(21-15(12)18)14(20)16(9-19)7-3-5-10-4-1-2-6-11(10)16/h1-2,4,6,8,14,20H,3,5,7,9,19H2. The molecule has 1 aliphatic rings. The Hall–Kier alpha value is -0.390. The molecule has 2 nitrogen and oxygen atoms in total. The van der Waals surface area contributed by atoms with Gasteiger partial charge in [-0.05, 0) is 52.4 Å². The van der Waals surface area contributed by atoms with E-state index in [-0.39, 0.29) is 0 Å². The van der Waals surface area contributed by atoms with Gasteiger partial charge >= 0.3 is 0 Å². The Kier molecular flexibility index (Phi) is 4.44. The maximum Gasteiger partial charge on any atom is 0.107 e. The van der Waals surface area contributed by atoms with Crippen LogP contribution in [0.1, 0.15) is 34.9 Å². The summed E-state index contributed by atoms with van der Waals surface area (Å²) in [6.07, 6.45) is 2.37. The molecule has 5 heteroatoms. The van der Waals surface area contributed by atoms with Crippen molar-refractivity contribution in [1.29, 1.82) is 0 Å². The van der Waals surface area contributed by atoms with E-state index in [0.717, 1.165) is 28.6 Å². The number of aryl methyl sites for hydroxylation is 1. The van der Waals surface area contributed by atoms with E-state index in [0.29, 0.717) is 10.9 Å². The summed E-state index contributed by atoms with van der Waals surface area (Å²) in [5.74, 6) is 0. The predicted octanol–water partition coefficient (Wildman–Crippen LogP) is 4.43. The first-order valence-corrected chi connectivity index (χ1v) is 8.98. The number of hydrogen-bond acceptors (Lipinski definition) is 3. The van der Waals surface area contributed by atoms with Crippen LogP contribution in [0.3, 0.4) is 0 Å². The second-order valence-electron chi connectivity index (χ2n) is 5.54. The van der Waals surface area contributed by atoms with Crippen molar-refractivity contribution in [3.05, 3.63) is 55.1 Å². The molecule has 0 bridgehead atoms. The Morgan fingerprint density at radius 3 is 2.86 bits per heavy atom. The van der Waals surface area contributed by atoms with E-state index in [1.165, 1.54) is 22.5 Å². The van der Waals surface area contributed by atoms with Crippen molar-refractivity contribution in [3.8, 4) is 0 Å². The fraction of sp³-hybridized carbons (Fsp3) is 0.375. The Labute approximate surface area is 142 Å². The summed E-state index contributed by atoms with van der Waals surface area (Å²) in [4.78, 5) is 0.869. The van der Waals surface area contributed by atoms with Crippen LogP contribution in [0.2, 0.25) is 4.34 Å². The van der Waals surface area contributed by atoms with Gasteiger partial charge in [-0.25, -0.2) is 0 Å². The molecule has 1 aromatic heterocycles. The normalized spacial score (nSPS) is 22.9. The average molecular weight is 387 g/mol. The molecule has 0 radical (unpaired) electrons. The lowest BCUT2D eigenvalue weighted by Crippen LogP contribution is -2.43. The molecule has 3 N–H and O–H groups in total. The number of aliphatic hydroxyl groups excluding tert-OH is 1. The fourth-order valence-corrected chi connectivity index (χ4v) is 5.17. The third kappa shape index (κ3) is 2.57. The van der Waals surface area contributed by atoms with Gasteiger partial charge in [0, 0.05) is 21.3 Å². The molecule has 2 aromatic rings. The Bertz CT molecular complexity index is 640. The zero-order chi connectivity index (χ0) is 15.0. The van der Waals surface area contributed by atoms with Crippen molar-refractivity contribution < 1.29 is 5.11 Å². The summed E-state index contributed by atoms with van der Waals surface area (Å²) in [5, 5.41) is 11.0. The molecule has 1 aromatic carbocycles. The zero-order valence-electron chi connectivity index (χ0n) is 11.5. The molecule has 0 amide bonds. The van der Waals surface area contributed by atoms with Crippen LogP contribution in [0.4, 0.5) is 0 Å². The van der Waals surface area contributed by atoms with Crippen LogP contribution in [0.25, 0.3) is 0 Å². The van der Waals surface area contributed by atoms with Gasteiger partial charge in [0.05, 0.1) is 6.10 Å². The molecule has 1 heterocycles. The van der Waals surface area contributed by atoms with Crippen LogP contribution in [-0.4, -0.2) is 11.7 Å². The lowest BCUT2D eigenvalue weighted by Gasteiger charge is -2.41. The molecule has 0 fully saturated rings. The van der Waals surface area contributed by atoms with Gasteiger partial charge in [0.1, 0.15) is 4.34 Å². The first-order valence-electron chi connectivity index (χ1n) is 7.00. The summed E-state index contributed by atoms with van der Waals surface area (Å²) in [5.41, 5.74) is 8.21. The van der Waals surface area contributed by atoms with Gasteiger partial charge in [0.15, 0.2) is 0 Å². The highest BCUT2D eigenvalue weighted by molar-refractivity contribution is 9.10. The van der Waals surface area contributed by atoms with E-state index in [4.69, 9.17) is 17.3 Å². The van der Waals surface area contributed by atoms with E-state index in [1.807, 2.05) is 12.1 Å². The Balaban J connectivity index is 2.09. The molecule has 2 atom stereocenters. The summed E-state index contributed by atoms with van der Waals surface area (Å²) in [7, 11) is 0. The predicted molar refractivity (Wildman–Crippen MR) is 92.1 cm³/mol. The van der Waals surface area contributed by atoms with E-state index < -0.39 is 11.5 Å². The maximum absolute atomic E-state index is 11.0. The molecular weight excluding hydrogens is 370 g/mol. The van der Waals surface area contributed by atoms with E-state index in [1.54, 1.807) is 0 Å². The number of hydrogen-bond donors (Lipinski definition) is 2. The number of halogens is 2. The van der Waals surface area contributed by atoms with Crippen LogP contribution >= 0.6 is 38.9 Å². The van der Waals surface area contributed by atoms with E-state index >= 15 is 0 Å². The van der Waals surface area contributed by atoms with Gasteiger partial charge in [0.25, 0.3) is 0 Å². The number of rotatable bonds is 3. The lowest BCUT2D eigenvalue weighted by atomic mass is 9.66. The van der Waals surface area contributed by atoms with Gasteiger partial charge in [-0.1, -0.05) is 35.9 Å². The third-order valence-electron chi connectivity index (χ3n) is 4.44. The maximum atomic E-state index is 11.0. The average Bonchev–Trinajstić information content (AvgIpc) is 2.85. The molecule has 112 valence electrons. The number of benzene rings is 1. The molecule has 0 saturated heterocycles. The van der Waals surface area contributed by atoms with Gasteiger partial charge in [-0.2, -0.15) is 0 Å². The summed E-state index contributed by atoms with van der Waals surface area (Å²) in [6, 6.07) is 10.2. The second-order valence-corrected chi connectivity index (χ2v) is 8.08. The fourth-order valence-electron chi connectivity index (χ4n) is 3.33. The van der Waals surface area contributed by atoms with Crippen LogP contribution in [-0.2, 0) is 11.8 Å². The highest BCUT2D eigenvalue weighted by atomic mass is 79.9. The first kappa shape index (κ1) is 15.5. The van der Waals surface area contributed by atoms with Crippen molar-refractivity contribution in [2.45, 2.75) is 30.8 Å². The number of aliphatic hydroxyl groups is 1. The number of nitrogens with two attached hydrogens (primary N) is 1. The third-order valence-corrected chi connectivity index (χ3v) is 6.97. The topological polar surface area (TPSA) is 46.2 Å². The van der Waals surface area contributed by atoms with Crippen LogP contribution < -0.4 is 5.73 Å². The Morgan fingerprint density at radius 1 is 1.43 bits per heavy atom. The quantitative estimate of drug-likeness (QED) is 0.819. The molecule has 2 unspecified atom stereocenters. The smallest absolute Gasteiger partial charge is 0.107 e. The summed E-state index contributed by atoms with van der Waals surface area (Å²) >= 11 is 11.0. The molecule has 0 aliphatic heterocycles. The van der Waals surface area contributed by atoms with E-state index in [9.17, 15) is 5.11 Å². The molecule has 21 heavy (non-hydrogen) atoms. The van der Waals surface area contributed by atoms with Crippen LogP contribution in [0, 0.1) is 0 Å². The van der Waals surface area contributed by atoms with Gasteiger partial charge in [0.2, 0.25) is 0 Å². The number of thiophene rings is 1. The van der Waals surface area contributed by atoms with Crippen LogP contribution in [0.5, 0.6) is 0 Å². The molecule has 0 saturated carbocycles. The zero-order valence-corrected chi connectivity index (χ0v) is 14.6. The minimum atomic E-state index is -0.627. The van der Waals surface area contributed by atoms with Gasteiger partial charge < -0.3 is 10.8 Å². The number of fused-ring (bicyclic) bond motifs is 1. The SMILES string of the molecule is NCC1(C(O)c2cc(Br)c(Cl)s2)CCCc2ccccc21. The van der Waals surface area contributed by atoms with Crippen molar-refractivity contribution in [1.82, 2.24) is 0 Å². The highest BCUT2D eigenvalue weighted by Crippen LogP contribution is 2.48. The minimum absolute atomic E-state index is 0.414. The van der Waals surface area contributed by atoms with Gasteiger partial charge in [-0.15, -0.1) is 11.3 Å². The molecule has 1 aliphatic carbocycles. The summed E-state index contributed by atoms with van der Waals surface area (Å²) < 4.78 is 1.50. The van der Waals surface area contributed by atoms with E-state index in [2.05, 4.69) is 34.1 Å². The van der Waals surface area contributed by atoms with Crippen molar-refractivity contribution in [2.24, 2.45) is 5.73 Å². The highest BCUT2D eigenvalue weighted by Gasteiger charge is 2.43. The van der Waals surface area contributed by atoms with Crippen molar-refractivity contribution >= 4 is 38.9 Å². The second kappa shape index (κ2) is 6.01. The molecule has 0 spiro atoms. The summed E-state index contributed by atoms with van der Waals surface area (Å²) in [6.45, 7) is 0.429. The molecule has 3 rings (SSSR count). The molecular formula is C16H17BrClNOS. The monoisotopic (exact) mass is 385 g/mol. The lowest BCUT2D eigenvalue weighted by molar-refractivity contribution is 0.0748. The van der Waals surface area contributed by atoms with Gasteiger partial charge in [-0.3, -0.25) is 0 Å². The van der Waals surface area contributed by atoms with Crippen molar-refractivity contribution in [3.63, 3.8) is 0 Å². The Morgan fingerprint density at radius 2 is 2.19 bits per heavy atom.